The summed E-state index contributed by atoms with van der Waals surface area (Å²) in [6, 6.07) is 2.56. The van der Waals surface area contributed by atoms with E-state index in [2.05, 4.69) is 10.2 Å². The predicted octanol–water partition coefficient (Wildman–Crippen LogP) is 2.54. The van der Waals surface area contributed by atoms with Crippen molar-refractivity contribution in [1.29, 1.82) is 0 Å². The van der Waals surface area contributed by atoms with Crippen molar-refractivity contribution in [2.75, 3.05) is 45.6 Å². The number of nitrogens with one attached hydrogen (secondary N) is 1. The Morgan fingerprint density at radius 3 is 2.42 bits per heavy atom. The second-order valence-electron chi connectivity index (χ2n) is 8.62. The lowest BCUT2D eigenvalue weighted by Crippen LogP contribution is -2.60. The first-order valence-corrected chi connectivity index (χ1v) is 12.7. The monoisotopic (exact) mass is 455 g/mol. The number of halogens is 1. The number of hydrogen-bond acceptors (Lipinski definition) is 5. The minimum atomic E-state index is -3.19. The zero-order chi connectivity index (χ0) is 22.6. The molecule has 0 aromatic heterocycles. The van der Waals surface area contributed by atoms with Gasteiger partial charge < -0.3 is 10.1 Å². The number of aryl methyl sites for hydroxylation is 1. The molecule has 2 aliphatic rings. The topological polar surface area (TPSA) is 79.0 Å². The summed E-state index contributed by atoms with van der Waals surface area (Å²) in [5.74, 6) is -0.295. The van der Waals surface area contributed by atoms with Gasteiger partial charge in [0, 0.05) is 44.3 Å². The van der Waals surface area contributed by atoms with Crippen LogP contribution in [0.5, 0.6) is 5.75 Å². The van der Waals surface area contributed by atoms with E-state index in [1.54, 1.807) is 11.2 Å². The van der Waals surface area contributed by atoms with Crippen LogP contribution in [-0.2, 0) is 10.0 Å². The molecule has 174 valence electrons. The summed E-state index contributed by atoms with van der Waals surface area (Å²) in [5.41, 5.74) is 0.717. The van der Waals surface area contributed by atoms with E-state index in [-0.39, 0.29) is 22.9 Å². The lowest BCUT2D eigenvalue weighted by Gasteiger charge is -2.45. The van der Waals surface area contributed by atoms with E-state index in [9.17, 15) is 17.6 Å². The third kappa shape index (κ3) is 5.21. The van der Waals surface area contributed by atoms with Crippen LogP contribution in [0.25, 0.3) is 0 Å². The van der Waals surface area contributed by atoms with Gasteiger partial charge in [0.15, 0.2) is 0 Å². The Kier molecular flexibility index (Phi) is 7.59. The normalized spacial score (nSPS) is 20.0. The highest BCUT2D eigenvalue weighted by Crippen LogP contribution is 2.36. The number of methoxy groups -OCH3 is 1. The Morgan fingerprint density at radius 1 is 1.19 bits per heavy atom. The number of nitrogens with zero attached hydrogens (tertiary/aromatic N) is 2. The van der Waals surface area contributed by atoms with Crippen LogP contribution in [-0.4, -0.2) is 74.7 Å². The first kappa shape index (κ1) is 23.9. The van der Waals surface area contributed by atoms with E-state index < -0.39 is 15.8 Å². The largest absolute Gasteiger partial charge is 0.496 e. The standard InChI is InChI=1S/C22H34FN3O4S/c1-4-13-31(28,29)26-11-9-25(10-12-26)22(7-5-6-8-22)16-24-21(27)20-17(2)14-18(23)15-19(20)30-3/h14-15H,4-13,16H2,1-3H3,(H,24,27). The summed E-state index contributed by atoms with van der Waals surface area (Å²) in [5, 5.41) is 3.06. The molecule has 1 N–H and O–H groups in total. The van der Waals surface area contributed by atoms with Crippen LogP contribution in [0.1, 0.15) is 54.9 Å². The Labute approximate surface area is 185 Å². The van der Waals surface area contributed by atoms with Crippen molar-refractivity contribution in [1.82, 2.24) is 14.5 Å². The molecule has 0 radical (unpaired) electrons. The summed E-state index contributed by atoms with van der Waals surface area (Å²) in [4.78, 5) is 15.3. The number of rotatable bonds is 8. The number of carbonyl (C=O) groups is 1. The maximum Gasteiger partial charge on any atom is 0.255 e. The smallest absolute Gasteiger partial charge is 0.255 e. The Bertz CT molecular complexity index is 892. The maximum atomic E-state index is 13.7. The van der Waals surface area contributed by atoms with Gasteiger partial charge in [-0.3, -0.25) is 9.69 Å². The molecular weight excluding hydrogens is 421 g/mol. The van der Waals surface area contributed by atoms with Crippen molar-refractivity contribution >= 4 is 15.9 Å². The lowest BCUT2D eigenvalue weighted by atomic mass is 9.93. The molecule has 0 unspecified atom stereocenters. The number of carbonyl (C=O) groups excluding carboxylic acids is 1. The molecule has 7 nitrogen and oxygen atoms in total. The van der Waals surface area contributed by atoms with Gasteiger partial charge in [-0.05, 0) is 37.8 Å². The van der Waals surface area contributed by atoms with Gasteiger partial charge in [0.25, 0.3) is 5.91 Å². The molecule has 1 saturated heterocycles. The minimum absolute atomic E-state index is 0.169. The van der Waals surface area contributed by atoms with Gasteiger partial charge >= 0.3 is 0 Å². The molecule has 1 aliphatic heterocycles. The maximum absolute atomic E-state index is 13.7. The van der Waals surface area contributed by atoms with Gasteiger partial charge in [0.2, 0.25) is 10.0 Å². The fraction of sp³-hybridized carbons (Fsp3) is 0.682. The third-order valence-electron chi connectivity index (χ3n) is 6.59. The molecule has 0 spiro atoms. The Hall–Kier alpha value is -1.71. The number of sulfonamides is 1. The highest BCUT2D eigenvalue weighted by Gasteiger charge is 2.42. The zero-order valence-corrected chi connectivity index (χ0v) is 19.6. The Balaban J connectivity index is 1.69. The van der Waals surface area contributed by atoms with Crippen molar-refractivity contribution in [3.05, 3.63) is 29.1 Å². The number of ether oxygens (including phenoxy) is 1. The second-order valence-corrected chi connectivity index (χ2v) is 10.7. The average Bonchev–Trinajstić information content (AvgIpc) is 3.21. The summed E-state index contributed by atoms with van der Waals surface area (Å²) < 4.78 is 45.3. The van der Waals surface area contributed by atoms with Gasteiger partial charge in [0.05, 0.1) is 18.4 Å². The molecule has 1 saturated carbocycles. The summed E-state index contributed by atoms with van der Waals surface area (Å²) in [6.07, 6.45) is 4.72. The van der Waals surface area contributed by atoms with Crippen molar-refractivity contribution in [2.45, 2.75) is 51.5 Å². The van der Waals surface area contributed by atoms with Crippen LogP contribution in [0.4, 0.5) is 4.39 Å². The highest BCUT2D eigenvalue weighted by atomic mass is 32.2. The molecule has 2 fully saturated rings. The van der Waals surface area contributed by atoms with E-state index in [4.69, 9.17) is 4.74 Å². The van der Waals surface area contributed by atoms with Gasteiger partial charge in [-0.15, -0.1) is 0 Å². The molecule has 1 heterocycles. The van der Waals surface area contributed by atoms with E-state index in [0.29, 0.717) is 50.3 Å². The number of amides is 1. The number of piperazine rings is 1. The van der Waals surface area contributed by atoms with Crippen molar-refractivity contribution in [2.24, 2.45) is 0 Å². The van der Waals surface area contributed by atoms with Crippen LogP contribution in [0.3, 0.4) is 0 Å². The molecule has 31 heavy (non-hydrogen) atoms. The minimum Gasteiger partial charge on any atom is -0.496 e. The average molecular weight is 456 g/mol. The van der Waals surface area contributed by atoms with Crippen molar-refractivity contribution in [3.63, 3.8) is 0 Å². The van der Waals surface area contributed by atoms with Gasteiger partial charge in [-0.25, -0.2) is 12.8 Å². The molecule has 9 heteroatoms. The molecule has 1 aliphatic carbocycles. The van der Waals surface area contributed by atoms with Gasteiger partial charge in [0.1, 0.15) is 11.6 Å². The van der Waals surface area contributed by atoms with E-state index >= 15 is 0 Å². The quantitative estimate of drug-likeness (QED) is 0.652. The third-order valence-corrected chi connectivity index (χ3v) is 8.66. The van der Waals surface area contributed by atoms with Gasteiger partial charge in [-0.2, -0.15) is 4.31 Å². The second kappa shape index (κ2) is 9.83. The molecule has 3 rings (SSSR count). The number of hydrogen-bond donors (Lipinski definition) is 1. The molecule has 0 bridgehead atoms. The summed E-state index contributed by atoms with van der Waals surface area (Å²) in [6.45, 7) is 6.36. The first-order chi connectivity index (χ1) is 14.7. The van der Waals surface area contributed by atoms with Crippen LogP contribution < -0.4 is 10.1 Å². The van der Waals surface area contributed by atoms with Gasteiger partial charge in [-0.1, -0.05) is 19.8 Å². The SMILES string of the molecule is CCCS(=O)(=O)N1CCN(C2(CNC(=O)c3c(C)cc(F)cc3OC)CCCC2)CC1. The van der Waals surface area contributed by atoms with E-state index in [1.165, 1.54) is 19.2 Å². The first-order valence-electron chi connectivity index (χ1n) is 11.1. The van der Waals surface area contributed by atoms with Crippen LogP contribution in [0.2, 0.25) is 0 Å². The van der Waals surface area contributed by atoms with Crippen molar-refractivity contribution in [3.8, 4) is 5.75 Å². The van der Waals surface area contributed by atoms with Crippen LogP contribution >= 0.6 is 0 Å². The number of benzene rings is 1. The fourth-order valence-electron chi connectivity index (χ4n) is 4.96. The fourth-order valence-corrected chi connectivity index (χ4v) is 6.46. The molecule has 1 amide bonds. The van der Waals surface area contributed by atoms with E-state index in [1.807, 2.05) is 6.92 Å². The van der Waals surface area contributed by atoms with Crippen LogP contribution in [0.15, 0.2) is 12.1 Å². The molecule has 0 atom stereocenters. The molecular formula is C22H34FN3O4S. The molecule has 1 aromatic carbocycles. The van der Waals surface area contributed by atoms with Crippen LogP contribution in [0, 0.1) is 12.7 Å². The molecule has 1 aromatic rings. The lowest BCUT2D eigenvalue weighted by molar-refractivity contribution is 0.0539. The van der Waals surface area contributed by atoms with E-state index in [0.717, 1.165) is 25.7 Å². The Morgan fingerprint density at radius 2 is 1.84 bits per heavy atom. The summed E-state index contributed by atoms with van der Waals surface area (Å²) >= 11 is 0. The van der Waals surface area contributed by atoms with Crippen molar-refractivity contribution < 1.29 is 22.3 Å². The zero-order valence-electron chi connectivity index (χ0n) is 18.7. The highest BCUT2D eigenvalue weighted by molar-refractivity contribution is 7.89. The summed E-state index contributed by atoms with van der Waals surface area (Å²) in [7, 11) is -1.76. The predicted molar refractivity (Wildman–Crippen MR) is 118 cm³/mol.